The summed E-state index contributed by atoms with van der Waals surface area (Å²) in [6.07, 6.45) is 0.282. The highest BCUT2D eigenvalue weighted by atomic mass is 19.1. The van der Waals surface area contributed by atoms with Gasteiger partial charge >= 0.3 is 0 Å². The summed E-state index contributed by atoms with van der Waals surface area (Å²) in [4.78, 5) is 18.3. The van der Waals surface area contributed by atoms with E-state index >= 15 is 0 Å². The van der Waals surface area contributed by atoms with Crippen molar-refractivity contribution >= 4 is 5.91 Å². The van der Waals surface area contributed by atoms with Gasteiger partial charge in [-0.2, -0.15) is 4.98 Å². The van der Waals surface area contributed by atoms with Gasteiger partial charge in [-0.25, -0.2) is 8.78 Å². The molecule has 1 atom stereocenters. The Labute approximate surface area is 172 Å². The summed E-state index contributed by atoms with van der Waals surface area (Å²) in [6.45, 7) is 4.31. The zero-order valence-electron chi connectivity index (χ0n) is 16.6. The molecule has 2 aromatic carbocycles. The first-order valence-corrected chi connectivity index (χ1v) is 9.71. The number of rotatable bonds is 6. The molecule has 0 bridgehead atoms. The highest BCUT2D eigenvalue weighted by Crippen LogP contribution is 2.30. The van der Waals surface area contributed by atoms with Crippen molar-refractivity contribution in [2.24, 2.45) is 0 Å². The molecule has 1 aromatic heterocycles. The van der Waals surface area contributed by atoms with Crippen LogP contribution in [0.15, 0.2) is 47.0 Å². The van der Waals surface area contributed by atoms with E-state index in [0.29, 0.717) is 18.3 Å². The molecule has 0 saturated carbocycles. The van der Waals surface area contributed by atoms with Crippen molar-refractivity contribution < 1.29 is 22.8 Å². The lowest BCUT2D eigenvalue weighted by atomic mass is 10.1. The number of halogens is 2. The minimum atomic E-state index is -0.670. The van der Waals surface area contributed by atoms with Gasteiger partial charge in [-0.05, 0) is 44.2 Å². The maximum atomic E-state index is 13.9. The molecule has 0 spiro atoms. The van der Waals surface area contributed by atoms with Gasteiger partial charge in [0.2, 0.25) is 17.6 Å². The van der Waals surface area contributed by atoms with Crippen LogP contribution in [0.1, 0.15) is 37.6 Å². The van der Waals surface area contributed by atoms with Gasteiger partial charge in [-0.1, -0.05) is 11.2 Å². The van der Waals surface area contributed by atoms with Gasteiger partial charge in [0.1, 0.15) is 17.4 Å². The Hall–Kier alpha value is -3.29. The number of benzene rings is 2. The van der Waals surface area contributed by atoms with Crippen molar-refractivity contribution in [3.05, 3.63) is 65.6 Å². The summed E-state index contributed by atoms with van der Waals surface area (Å²) in [7, 11) is 0. The lowest BCUT2D eigenvalue weighted by Crippen LogP contribution is -2.25. The highest BCUT2D eigenvalue weighted by Gasteiger charge is 2.34. The van der Waals surface area contributed by atoms with Gasteiger partial charge in [0, 0.05) is 36.7 Å². The third-order valence-electron chi connectivity index (χ3n) is 4.87. The summed E-state index contributed by atoms with van der Waals surface area (Å²) < 4.78 is 38.0. The first kappa shape index (κ1) is 20.0. The molecule has 2 heterocycles. The SMILES string of the molecule is CC(C)Oc1ccc(-c2noc(C3CC(=O)N(Cc4ccc(F)cc4F)C3)n2)cc1. The Kier molecular flexibility index (Phi) is 5.48. The minimum absolute atomic E-state index is 0.0692. The van der Waals surface area contributed by atoms with Crippen molar-refractivity contribution in [2.45, 2.75) is 38.8 Å². The molecule has 156 valence electrons. The second-order valence-corrected chi connectivity index (χ2v) is 7.56. The van der Waals surface area contributed by atoms with Crippen molar-refractivity contribution in [1.29, 1.82) is 0 Å². The molecular formula is C22H21F2N3O3. The number of carbonyl (C=O) groups excluding carboxylic acids is 1. The van der Waals surface area contributed by atoms with E-state index in [1.165, 1.54) is 17.0 Å². The van der Waals surface area contributed by atoms with Gasteiger partial charge in [0.25, 0.3) is 0 Å². The minimum Gasteiger partial charge on any atom is -0.491 e. The van der Waals surface area contributed by atoms with Gasteiger partial charge in [0.05, 0.1) is 12.0 Å². The lowest BCUT2D eigenvalue weighted by Gasteiger charge is -2.16. The molecule has 1 aliphatic rings. The van der Waals surface area contributed by atoms with Crippen molar-refractivity contribution in [3.63, 3.8) is 0 Å². The zero-order valence-corrected chi connectivity index (χ0v) is 16.6. The van der Waals surface area contributed by atoms with Crippen molar-refractivity contribution in [3.8, 4) is 17.1 Å². The largest absolute Gasteiger partial charge is 0.491 e. The van der Waals surface area contributed by atoms with Crippen LogP contribution in [0.5, 0.6) is 5.75 Å². The van der Waals surface area contributed by atoms with E-state index < -0.39 is 11.6 Å². The normalized spacial score (nSPS) is 16.5. The first-order chi connectivity index (χ1) is 14.4. The molecule has 4 rings (SSSR count). The number of nitrogens with zero attached hydrogens (tertiary/aromatic N) is 3. The quantitative estimate of drug-likeness (QED) is 0.602. The molecule has 1 aliphatic heterocycles. The van der Waals surface area contributed by atoms with Crippen molar-refractivity contribution in [2.75, 3.05) is 6.54 Å². The molecule has 30 heavy (non-hydrogen) atoms. The van der Waals surface area contributed by atoms with E-state index in [-0.39, 0.29) is 36.5 Å². The van der Waals surface area contributed by atoms with Gasteiger partial charge in [-0.15, -0.1) is 0 Å². The fourth-order valence-electron chi connectivity index (χ4n) is 3.42. The van der Waals surface area contributed by atoms with Crippen LogP contribution in [-0.4, -0.2) is 33.6 Å². The standard InChI is InChI=1S/C22H21F2N3O3/c1-13(2)29-18-7-4-14(5-8-18)21-25-22(30-26-21)16-9-20(28)27(12-16)11-15-3-6-17(23)10-19(15)24/h3-8,10,13,16H,9,11-12H2,1-2H3. The smallest absolute Gasteiger partial charge is 0.232 e. The Balaban J connectivity index is 1.44. The van der Waals surface area contributed by atoms with Crippen LogP contribution in [0.2, 0.25) is 0 Å². The van der Waals surface area contributed by atoms with E-state index in [2.05, 4.69) is 10.1 Å². The highest BCUT2D eigenvalue weighted by molar-refractivity contribution is 5.79. The van der Waals surface area contributed by atoms with Crippen LogP contribution in [-0.2, 0) is 11.3 Å². The van der Waals surface area contributed by atoms with Crippen LogP contribution in [0.4, 0.5) is 8.78 Å². The van der Waals surface area contributed by atoms with E-state index in [4.69, 9.17) is 9.26 Å². The summed E-state index contributed by atoms with van der Waals surface area (Å²) >= 11 is 0. The fourth-order valence-corrected chi connectivity index (χ4v) is 3.42. The summed E-state index contributed by atoms with van der Waals surface area (Å²) in [5.74, 6) is -0.188. The van der Waals surface area contributed by atoms with E-state index in [1.807, 2.05) is 38.1 Å². The van der Waals surface area contributed by atoms with E-state index in [9.17, 15) is 13.6 Å². The third kappa shape index (κ3) is 4.32. The Morgan fingerprint density at radius 3 is 2.67 bits per heavy atom. The Bertz CT molecular complexity index is 1050. The molecule has 6 nitrogen and oxygen atoms in total. The van der Waals surface area contributed by atoms with Crippen LogP contribution in [0, 0.1) is 11.6 Å². The monoisotopic (exact) mass is 413 g/mol. The number of likely N-dealkylation sites (tertiary alicyclic amines) is 1. The number of hydrogen-bond donors (Lipinski definition) is 0. The van der Waals surface area contributed by atoms with Crippen LogP contribution in [0.25, 0.3) is 11.4 Å². The molecule has 1 saturated heterocycles. The molecule has 0 radical (unpaired) electrons. The van der Waals surface area contributed by atoms with Crippen molar-refractivity contribution in [1.82, 2.24) is 15.0 Å². The Morgan fingerprint density at radius 1 is 1.20 bits per heavy atom. The van der Waals surface area contributed by atoms with Crippen LogP contribution in [0.3, 0.4) is 0 Å². The molecule has 1 amide bonds. The summed E-state index contributed by atoms with van der Waals surface area (Å²) in [5.41, 5.74) is 1.04. The zero-order chi connectivity index (χ0) is 21.3. The lowest BCUT2D eigenvalue weighted by molar-refractivity contribution is -0.128. The summed E-state index contributed by atoms with van der Waals surface area (Å²) in [6, 6.07) is 10.7. The predicted molar refractivity (Wildman–Crippen MR) is 105 cm³/mol. The number of aromatic nitrogens is 2. The molecule has 1 fully saturated rings. The van der Waals surface area contributed by atoms with Gasteiger partial charge < -0.3 is 14.2 Å². The predicted octanol–water partition coefficient (Wildman–Crippen LogP) is 4.32. The second-order valence-electron chi connectivity index (χ2n) is 7.56. The third-order valence-corrected chi connectivity index (χ3v) is 4.87. The number of carbonyl (C=O) groups is 1. The number of hydrogen-bond acceptors (Lipinski definition) is 5. The molecule has 8 heteroatoms. The molecule has 3 aromatic rings. The molecular weight excluding hydrogens is 392 g/mol. The topological polar surface area (TPSA) is 68.5 Å². The Morgan fingerprint density at radius 2 is 1.97 bits per heavy atom. The van der Waals surface area contributed by atoms with E-state index in [1.54, 1.807) is 0 Å². The maximum Gasteiger partial charge on any atom is 0.232 e. The molecule has 0 aliphatic carbocycles. The average molecular weight is 413 g/mol. The second kappa shape index (κ2) is 8.22. The van der Waals surface area contributed by atoms with Crippen LogP contribution >= 0.6 is 0 Å². The van der Waals surface area contributed by atoms with Crippen LogP contribution < -0.4 is 4.74 Å². The summed E-state index contributed by atoms with van der Waals surface area (Å²) in [5, 5.41) is 4.02. The average Bonchev–Trinajstić information content (AvgIpc) is 3.31. The maximum absolute atomic E-state index is 13.9. The van der Waals surface area contributed by atoms with Gasteiger partial charge in [-0.3, -0.25) is 4.79 Å². The fraction of sp³-hybridized carbons (Fsp3) is 0.318. The first-order valence-electron chi connectivity index (χ1n) is 9.71. The molecule has 0 N–H and O–H groups in total. The number of ether oxygens (including phenoxy) is 1. The van der Waals surface area contributed by atoms with E-state index in [0.717, 1.165) is 17.4 Å². The molecule has 1 unspecified atom stereocenters. The van der Waals surface area contributed by atoms with Gasteiger partial charge in [0.15, 0.2) is 0 Å². The number of amides is 1.